The van der Waals surface area contributed by atoms with Gasteiger partial charge < -0.3 is 14.9 Å². The number of hydrogen-bond acceptors (Lipinski definition) is 0. The van der Waals surface area contributed by atoms with E-state index in [-0.39, 0.29) is 39.7 Å². The van der Waals surface area contributed by atoms with Gasteiger partial charge in [0.2, 0.25) is 0 Å². The molecule has 0 amide bonds. The van der Waals surface area contributed by atoms with E-state index in [9.17, 15) is 0 Å². The average molecular weight is 445 g/mol. The Bertz CT molecular complexity index is 503. The van der Waals surface area contributed by atoms with Crippen molar-refractivity contribution < 1.29 is 23.3 Å². The van der Waals surface area contributed by atoms with E-state index in [4.69, 9.17) is 0 Å². The van der Waals surface area contributed by atoms with Crippen molar-refractivity contribution in [2.45, 2.75) is 19.8 Å². The quantitative estimate of drug-likeness (QED) is 0.404. The molecule has 2 aliphatic rings. The molecule has 1 aromatic rings. The van der Waals surface area contributed by atoms with Crippen LogP contribution in [0, 0.1) is 27.0 Å². The molecule has 0 saturated carbocycles. The Morgan fingerprint density at radius 3 is 1.74 bits per heavy atom. The normalized spacial score (nSPS) is 12.2. The maximum atomic E-state index is 3.28. The van der Waals surface area contributed by atoms with E-state index >= 15 is 0 Å². The fourth-order valence-corrected chi connectivity index (χ4v) is 1.74. The molecule has 0 bridgehead atoms. The molecule has 0 aromatic heterocycles. The van der Waals surface area contributed by atoms with Gasteiger partial charge in [-0.25, -0.2) is 11.6 Å². The van der Waals surface area contributed by atoms with Crippen molar-refractivity contribution in [1.82, 2.24) is 0 Å². The van der Waals surface area contributed by atoms with Crippen LogP contribution in [0.5, 0.6) is 0 Å². The molecule has 0 atom stereocenters. The molecule has 0 saturated heterocycles. The Morgan fingerprint density at radius 1 is 0.870 bits per heavy atom. The van der Waals surface area contributed by atoms with Gasteiger partial charge in [-0.2, -0.15) is 23.8 Å². The predicted molar refractivity (Wildman–Crippen MR) is 109 cm³/mol. The summed E-state index contributed by atoms with van der Waals surface area (Å²) < 4.78 is 0. The van der Waals surface area contributed by atoms with Gasteiger partial charge >= 0.3 is 30.2 Å². The van der Waals surface area contributed by atoms with Gasteiger partial charge in [-0.3, -0.25) is 6.08 Å². The van der Waals surface area contributed by atoms with Crippen molar-refractivity contribution in [2.24, 2.45) is 0 Å². The summed E-state index contributed by atoms with van der Waals surface area (Å²) in [5, 5.41) is 0. The third-order valence-corrected chi connectivity index (χ3v) is 2.65. The van der Waals surface area contributed by atoms with E-state index in [0.29, 0.717) is 0 Å². The second-order valence-electron chi connectivity index (χ2n) is 4.03. The summed E-state index contributed by atoms with van der Waals surface area (Å²) in [4.78, 5) is 0. The number of allylic oxidation sites excluding steroid dienone is 8. The summed E-state index contributed by atoms with van der Waals surface area (Å²) in [6.07, 6.45) is 16.8. The fraction of sp³-hybridized carbons (Fsp3) is 0.158. The molecule has 0 radical (unpaired) electrons. The fourth-order valence-electron chi connectivity index (χ4n) is 1.74. The van der Waals surface area contributed by atoms with Crippen molar-refractivity contribution in [1.29, 1.82) is 0 Å². The van der Waals surface area contributed by atoms with Crippen LogP contribution in [-0.4, -0.2) is 6.88 Å². The summed E-state index contributed by atoms with van der Waals surface area (Å²) in [5.74, 6) is 0. The van der Waals surface area contributed by atoms with Gasteiger partial charge in [-0.15, -0.1) is 55.0 Å². The molecule has 1 aromatic carbocycles. The van der Waals surface area contributed by atoms with E-state index in [1.54, 1.807) is 23.3 Å². The number of halogens is 2. The van der Waals surface area contributed by atoms with Crippen molar-refractivity contribution in [3.63, 3.8) is 0 Å². The van der Waals surface area contributed by atoms with E-state index in [2.05, 4.69) is 67.6 Å². The van der Waals surface area contributed by atoms with Crippen molar-refractivity contribution in [3.8, 4) is 0 Å². The molecule has 0 unspecified atom stereocenters. The molecule has 0 N–H and O–H groups in total. The molecule has 0 nitrogen and oxygen atoms in total. The zero-order chi connectivity index (χ0) is 13.9. The zero-order valence-electron chi connectivity index (χ0n) is 14.1. The Morgan fingerprint density at radius 2 is 1.39 bits per heavy atom. The van der Waals surface area contributed by atoms with Crippen LogP contribution in [0.25, 0.3) is 5.57 Å². The molecule has 128 valence electrons. The first kappa shape index (κ1) is 30.7. The van der Waals surface area contributed by atoms with Crippen LogP contribution in [-0.2, 0) is 23.3 Å². The van der Waals surface area contributed by atoms with Crippen LogP contribution in [0.2, 0.25) is 0 Å². The van der Waals surface area contributed by atoms with Crippen molar-refractivity contribution >= 4 is 37.3 Å². The molecule has 23 heavy (non-hydrogen) atoms. The van der Waals surface area contributed by atoms with Gasteiger partial charge in [-0.1, -0.05) is 31.5 Å². The molecule has 0 heterocycles. The van der Waals surface area contributed by atoms with Gasteiger partial charge in [0.15, 0.2) is 0 Å². The van der Waals surface area contributed by atoms with Crippen LogP contribution in [0.15, 0.2) is 60.2 Å². The maximum absolute atomic E-state index is 3.28. The van der Waals surface area contributed by atoms with Crippen LogP contribution >= 0.6 is 24.8 Å². The van der Waals surface area contributed by atoms with Crippen LogP contribution in [0.1, 0.15) is 25.3 Å². The second kappa shape index (κ2) is 19.9. The Hall–Kier alpha value is -0.140. The van der Waals surface area contributed by atoms with Crippen molar-refractivity contribution in [2.75, 3.05) is 0 Å². The first-order chi connectivity index (χ1) is 9.36. The number of benzene rings is 1. The van der Waals surface area contributed by atoms with E-state index < -0.39 is 0 Å². The van der Waals surface area contributed by atoms with Crippen LogP contribution < -0.4 is 0 Å². The Labute approximate surface area is 172 Å². The Balaban J connectivity index is -0.000000133. The third kappa shape index (κ3) is 12.9. The molecule has 0 fully saturated rings. The Kier molecular flexibility index (Phi) is 26.6. The van der Waals surface area contributed by atoms with Crippen LogP contribution in [0.4, 0.5) is 0 Å². The minimum absolute atomic E-state index is 0. The third-order valence-electron chi connectivity index (χ3n) is 2.65. The molecule has 3 rings (SSSR count). The summed E-state index contributed by atoms with van der Waals surface area (Å²) in [6.45, 7) is 4.01. The summed E-state index contributed by atoms with van der Waals surface area (Å²) in [6, 6.07) is 10.4. The molecule has 2 aliphatic carbocycles. The molecule has 4 heteroatoms. The summed E-state index contributed by atoms with van der Waals surface area (Å²) >= 11 is 1.58. The first-order valence-electron chi connectivity index (χ1n) is 6.28. The topological polar surface area (TPSA) is 0 Å². The average Bonchev–Trinajstić information content (AvgIpc) is 3.16. The zero-order valence-corrected chi connectivity index (χ0v) is 19.6. The predicted octanol–water partition coefficient (Wildman–Crippen LogP) is 5.35. The molecular formula is C19H26Cl2SiZr-4. The van der Waals surface area contributed by atoms with Gasteiger partial charge in [0.25, 0.3) is 0 Å². The second-order valence-corrected chi connectivity index (χ2v) is 4.03. The summed E-state index contributed by atoms with van der Waals surface area (Å²) in [7, 11) is 0. The van der Waals surface area contributed by atoms with Crippen molar-refractivity contribution in [3.05, 3.63) is 92.8 Å². The summed E-state index contributed by atoms with van der Waals surface area (Å²) in [5.41, 5.74) is 3.77. The van der Waals surface area contributed by atoms with Gasteiger partial charge in [0, 0.05) is 0 Å². The SMILES string of the molecule is CC1=[C-]CC=C1.Cl.Cl.[C-]1=C(c2ccccc2)C=CC1.[CH3-].[CH3-].[SiH2]=[Zr]. The van der Waals surface area contributed by atoms with Gasteiger partial charge in [0.1, 0.15) is 0 Å². The van der Waals surface area contributed by atoms with E-state index in [0.717, 1.165) is 12.8 Å². The van der Waals surface area contributed by atoms with E-state index in [1.165, 1.54) is 16.7 Å². The molecule has 0 spiro atoms. The van der Waals surface area contributed by atoms with Gasteiger partial charge in [0.05, 0.1) is 0 Å². The standard InChI is InChI=1S/C11H9.C6H7.2CH3.2ClH.H2Si.Zr/c1-2-6-10(7-3-1)11-8-4-5-9-11;1-6-4-2-3-5-6;;;;;;/h1-4,6-8H,5H2;2,4H,3H2,1H3;2*1H3;2*1H;1H2;/q4*-1;;;;. The molecule has 0 aliphatic heterocycles. The number of rotatable bonds is 1. The number of hydrogen-bond donors (Lipinski definition) is 0. The van der Waals surface area contributed by atoms with E-state index in [1.807, 2.05) is 12.9 Å². The first-order valence-corrected chi connectivity index (χ1v) is 12.2. The minimum atomic E-state index is 0. The van der Waals surface area contributed by atoms with Crippen LogP contribution in [0.3, 0.4) is 0 Å². The monoisotopic (exact) mass is 442 g/mol. The molecular weight excluding hydrogens is 418 g/mol. The van der Waals surface area contributed by atoms with Gasteiger partial charge in [-0.05, 0) is 0 Å².